The predicted octanol–water partition coefficient (Wildman–Crippen LogP) is 3.25. The van der Waals surface area contributed by atoms with Crippen molar-refractivity contribution in [2.24, 2.45) is 0 Å². The predicted molar refractivity (Wildman–Crippen MR) is 151 cm³/mol. The smallest absolute Gasteiger partial charge is 0.269 e. The lowest BCUT2D eigenvalue weighted by Gasteiger charge is -2.36. The van der Waals surface area contributed by atoms with E-state index in [1.807, 2.05) is 24.3 Å². The molecule has 2 amide bonds. The van der Waals surface area contributed by atoms with Gasteiger partial charge in [-0.25, -0.2) is 0 Å². The van der Waals surface area contributed by atoms with E-state index in [2.05, 4.69) is 9.80 Å². The molecule has 0 aliphatic carbocycles. The number of hydrogen-bond acceptors (Lipinski definition) is 8. The number of hydrogen-bond donors (Lipinski definition) is 1. The molecule has 0 bridgehead atoms. The molecule has 0 aromatic heterocycles. The van der Waals surface area contributed by atoms with E-state index >= 15 is 0 Å². The van der Waals surface area contributed by atoms with Crippen LogP contribution in [0.5, 0.6) is 5.75 Å². The maximum atomic E-state index is 13.1. The zero-order valence-electron chi connectivity index (χ0n) is 21.1. The van der Waals surface area contributed by atoms with Crippen molar-refractivity contribution < 1.29 is 24.4 Å². The molecule has 2 aliphatic heterocycles. The molecule has 1 saturated heterocycles. The molecular weight excluding hydrogens is 547 g/mol. The third-order valence-electron chi connectivity index (χ3n) is 6.92. The van der Waals surface area contributed by atoms with Gasteiger partial charge in [-0.1, -0.05) is 24.3 Å². The van der Waals surface area contributed by atoms with Crippen molar-refractivity contribution in [1.82, 2.24) is 14.7 Å². The van der Waals surface area contributed by atoms with Gasteiger partial charge in [0.2, 0.25) is 0 Å². The van der Waals surface area contributed by atoms with Crippen molar-refractivity contribution in [1.29, 1.82) is 0 Å². The molecule has 1 unspecified atom stereocenters. The first-order valence-corrected chi connectivity index (χ1v) is 12.3. The van der Waals surface area contributed by atoms with Crippen molar-refractivity contribution >= 4 is 53.1 Å². The lowest BCUT2D eigenvalue weighted by atomic mass is 9.94. The standard InChI is InChI=1S/C27H28N4O6.2ClH/c32-21(18-37-22-9-7-20(8-10-22)31(35)36)17-29-13-11-28(12-14-29)15-16-30-26(33)23-5-1-3-19-4-2-6-24(25(19)23)27(30)34;;/h1-10,21,32H,11-18H2;2*1H. The second-order valence-corrected chi connectivity index (χ2v) is 9.33. The fourth-order valence-electron chi connectivity index (χ4n) is 4.93. The number of nitro groups is 1. The van der Waals surface area contributed by atoms with E-state index in [1.165, 1.54) is 29.2 Å². The number of nitro benzene ring substituents is 1. The normalized spacial score (nSPS) is 16.4. The minimum atomic E-state index is -0.701. The molecule has 5 rings (SSSR count). The third-order valence-corrected chi connectivity index (χ3v) is 6.92. The Kier molecular flexibility index (Phi) is 10.2. The van der Waals surface area contributed by atoms with E-state index < -0.39 is 11.0 Å². The minimum absolute atomic E-state index is 0. The molecule has 2 heterocycles. The van der Waals surface area contributed by atoms with Crippen molar-refractivity contribution in [2.75, 3.05) is 52.4 Å². The summed E-state index contributed by atoms with van der Waals surface area (Å²) >= 11 is 0. The van der Waals surface area contributed by atoms with Gasteiger partial charge in [0, 0.05) is 74.5 Å². The Hall–Kier alpha value is -3.28. The van der Waals surface area contributed by atoms with Crippen LogP contribution in [0.3, 0.4) is 0 Å². The van der Waals surface area contributed by atoms with Crippen LogP contribution in [-0.4, -0.2) is 95.1 Å². The monoisotopic (exact) mass is 576 g/mol. The Labute approximate surface area is 238 Å². The van der Waals surface area contributed by atoms with Crippen LogP contribution < -0.4 is 4.74 Å². The molecule has 3 aromatic carbocycles. The number of imide groups is 1. The average molecular weight is 577 g/mol. The van der Waals surface area contributed by atoms with Gasteiger partial charge < -0.3 is 9.84 Å². The molecular formula is C27H30Cl2N4O6. The van der Waals surface area contributed by atoms with Gasteiger partial charge >= 0.3 is 0 Å². The molecule has 0 radical (unpaired) electrons. The number of nitrogens with zero attached hydrogens (tertiary/aromatic N) is 4. The van der Waals surface area contributed by atoms with E-state index in [1.54, 1.807) is 12.1 Å². The van der Waals surface area contributed by atoms with E-state index in [0.717, 1.165) is 37.0 Å². The number of halogens is 2. The fourth-order valence-corrected chi connectivity index (χ4v) is 4.93. The summed E-state index contributed by atoms with van der Waals surface area (Å²) < 4.78 is 5.56. The molecule has 1 N–H and O–H groups in total. The molecule has 0 spiro atoms. The van der Waals surface area contributed by atoms with Crippen LogP contribution in [0.4, 0.5) is 5.69 Å². The second-order valence-electron chi connectivity index (χ2n) is 9.33. The Morgan fingerprint density at radius 2 is 1.41 bits per heavy atom. The summed E-state index contributed by atoms with van der Waals surface area (Å²) in [6.45, 7) is 4.48. The maximum Gasteiger partial charge on any atom is 0.269 e. The van der Waals surface area contributed by atoms with Gasteiger partial charge in [-0.05, 0) is 29.7 Å². The largest absolute Gasteiger partial charge is 0.491 e. The molecule has 1 atom stereocenters. The van der Waals surface area contributed by atoms with Crippen LogP contribution in [0.1, 0.15) is 20.7 Å². The molecule has 0 saturated carbocycles. The molecule has 39 heavy (non-hydrogen) atoms. The molecule has 2 aliphatic rings. The van der Waals surface area contributed by atoms with E-state index in [0.29, 0.717) is 36.5 Å². The number of piperazine rings is 1. The Morgan fingerprint density at radius 1 is 0.846 bits per heavy atom. The quantitative estimate of drug-likeness (QED) is 0.234. The zero-order chi connectivity index (χ0) is 25.9. The first kappa shape index (κ1) is 30.3. The molecule has 3 aromatic rings. The SMILES string of the molecule is Cl.Cl.O=C1c2cccc3cccc(c23)C(=O)N1CCN1CCN(CC(O)COc2ccc([N+](=O)[O-])cc2)CC1. The van der Waals surface area contributed by atoms with E-state index in [-0.39, 0.29) is 48.9 Å². The van der Waals surface area contributed by atoms with Crippen molar-refractivity contribution in [3.8, 4) is 5.75 Å². The maximum absolute atomic E-state index is 13.1. The summed E-state index contributed by atoms with van der Waals surface area (Å²) in [4.78, 5) is 42.1. The van der Waals surface area contributed by atoms with Crippen LogP contribution in [0.25, 0.3) is 10.8 Å². The summed E-state index contributed by atoms with van der Waals surface area (Å²) in [6.07, 6.45) is -0.701. The topological polar surface area (TPSA) is 116 Å². The van der Waals surface area contributed by atoms with Crippen LogP contribution in [0.2, 0.25) is 0 Å². The van der Waals surface area contributed by atoms with Gasteiger partial charge in [0.15, 0.2) is 0 Å². The number of amides is 2. The molecule has 10 nitrogen and oxygen atoms in total. The van der Waals surface area contributed by atoms with Crippen LogP contribution in [0.15, 0.2) is 60.7 Å². The average Bonchev–Trinajstić information content (AvgIpc) is 2.91. The first-order chi connectivity index (χ1) is 17.9. The lowest BCUT2D eigenvalue weighted by molar-refractivity contribution is -0.384. The van der Waals surface area contributed by atoms with Gasteiger partial charge in [-0.3, -0.25) is 34.4 Å². The number of rotatable bonds is 9. The van der Waals surface area contributed by atoms with Gasteiger partial charge in [0.25, 0.3) is 17.5 Å². The second kappa shape index (κ2) is 13.2. The molecule has 12 heteroatoms. The number of aliphatic hydroxyl groups excluding tert-OH is 1. The number of benzene rings is 3. The highest BCUT2D eigenvalue weighted by atomic mass is 35.5. The number of non-ortho nitro benzene ring substituents is 1. The first-order valence-electron chi connectivity index (χ1n) is 12.3. The van der Waals surface area contributed by atoms with Crippen LogP contribution >= 0.6 is 24.8 Å². The minimum Gasteiger partial charge on any atom is -0.491 e. The number of aliphatic hydroxyl groups is 1. The van der Waals surface area contributed by atoms with E-state index in [9.17, 15) is 24.8 Å². The lowest BCUT2D eigenvalue weighted by Crippen LogP contribution is -2.51. The van der Waals surface area contributed by atoms with Gasteiger partial charge in [0.05, 0.1) is 4.92 Å². The van der Waals surface area contributed by atoms with Crippen LogP contribution in [-0.2, 0) is 0 Å². The molecule has 208 valence electrons. The van der Waals surface area contributed by atoms with Crippen molar-refractivity contribution in [2.45, 2.75) is 6.10 Å². The molecule has 1 fully saturated rings. The number of carbonyl (C=O) groups is 2. The highest BCUT2D eigenvalue weighted by Gasteiger charge is 2.33. The summed E-state index contributed by atoms with van der Waals surface area (Å²) in [6, 6.07) is 16.8. The van der Waals surface area contributed by atoms with E-state index in [4.69, 9.17) is 4.74 Å². The Morgan fingerprint density at radius 3 is 1.97 bits per heavy atom. The third kappa shape index (κ3) is 6.66. The van der Waals surface area contributed by atoms with Crippen LogP contribution in [0, 0.1) is 10.1 Å². The highest BCUT2D eigenvalue weighted by Crippen LogP contribution is 2.29. The van der Waals surface area contributed by atoms with Gasteiger partial charge in [0.1, 0.15) is 18.5 Å². The zero-order valence-corrected chi connectivity index (χ0v) is 22.7. The number of β-amino-alcohol motifs (C(OH)–C–C–N with tert-alkyl or cyclic N) is 1. The Bertz CT molecular complexity index is 1280. The summed E-state index contributed by atoms with van der Waals surface area (Å²) in [5, 5.41) is 22.7. The van der Waals surface area contributed by atoms with Crippen molar-refractivity contribution in [3.63, 3.8) is 0 Å². The fraction of sp³-hybridized carbons (Fsp3) is 0.333. The summed E-state index contributed by atoms with van der Waals surface area (Å²) in [5.41, 5.74) is 1.13. The number of ether oxygens (including phenoxy) is 1. The number of carbonyl (C=O) groups excluding carboxylic acids is 2. The Balaban J connectivity index is 0.00000210. The highest BCUT2D eigenvalue weighted by molar-refractivity contribution is 6.25. The summed E-state index contributed by atoms with van der Waals surface area (Å²) in [5.74, 6) is -0.0247. The van der Waals surface area contributed by atoms with Crippen molar-refractivity contribution in [3.05, 3.63) is 81.9 Å². The summed E-state index contributed by atoms with van der Waals surface area (Å²) in [7, 11) is 0. The van der Waals surface area contributed by atoms with Gasteiger partial charge in [-0.2, -0.15) is 0 Å². The van der Waals surface area contributed by atoms with Gasteiger partial charge in [-0.15, -0.1) is 24.8 Å².